The third kappa shape index (κ3) is 4.64. The molecule has 1 heterocycles. The summed E-state index contributed by atoms with van der Waals surface area (Å²) in [5, 5.41) is 0. The van der Waals surface area contributed by atoms with Gasteiger partial charge >= 0.3 is 0 Å². The molecule has 0 aliphatic carbocycles. The van der Waals surface area contributed by atoms with Crippen LogP contribution in [-0.4, -0.2) is 23.7 Å². The highest BCUT2D eigenvalue weighted by Crippen LogP contribution is 2.28. The van der Waals surface area contributed by atoms with Gasteiger partial charge in [0.15, 0.2) is 0 Å². The normalized spacial score (nSPS) is 11.6. The quantitative estimate of drug-likeness (QED) is 0.390. The van der Waals surface area contributed by atoms with E-state index in [2.05, 4.69) is 32.9 Å². The number of methoxy groups -OCH3 is 1. The van der Waals surface area contributed by atoms with Gasteiger partial charge in [0.25, 0.3) is 0 Å². The van der Waals surface area contributed by atoms with Crippen LogP contribution in [0.4, 0.5) is 0 Å². The maximum absolute atomic E-state index is 6.00. The number of rotatable bonds is 7. The third-order valence-electron chi connectivity index (χ3n) is 4.40. The molecule has 0 N–H and O–H groups in total. The molecule has 4 heteroatoms. The molecule has 0 bridgehead atoms. The lowest BCUT2D eigenvalue weighted by atomic mass is 10.1. The van der Waals surface area contributed by atoms with Crippen molar-refractivity contribution >= 4 is 22.1 Å². The molecular weight excluding hydrogens is 336 g/mol. The number of aromatic nitrogens is 2. The van der Waals surface area contributed by atoms with Crippen LogP contribution in [0.1, 0.15) is 33.6 Å². The number of ether oxygens (including phenoxy) is 2. The van der Waals surface area contributed by atoms with Gasteiger partial charge in [0.1, 0.15) is 29.1 Å². The number of allylic oxidation sites excluding steroid dienone is 3. The maximum atomic E-state index is 6.00. The SMILES string of the molecule is COc1cccc2nc3c(OC/C=C(\C)CCC=C(C)C)cccc3nc12. The summed E-state index contributed by atoms with van der Waals surface area (Å²) in [6, 6.07) is 11.6. The van der Waals surface area contributed by atoms with Crippen molar-refractivity contribution in [3.05, 3.63) is 59.7 Å². The Morgan fingerprint density at radius 1 is 0.889 bits per heavy atom. The van der Waals surface area contributed by atoms with Crippen molar-refractivity contribution in [2.45, 2.75) is 33.6 Å². The predicted octanol–water partition coefficient (Wildman–Crippen LogP) is 5.86. The van der Waals surface area contributed by atoms with Gasteiger partial charge in [0.05, 0.1) is 18.1 Å². The summed E-state index contributed by atoms with van der Waals surface area (Å²) in [6.45, 7) is 6.93. The van der Waals surface area contributed by atoms with Crippen LogP contribution in [0.5, 0.6) is 11.5 Å². The van der Waals surface area contributed by atoms with E-state index in [0.29, 0.717) is 6.61 Å². The molecule has 3 aromatic rings. The Balaban J connectivity index is 1.81. The van der Waals surface area contributed by atoms with E-state index in [-0.39, 0.29) is 0 Å². The van der Waals surface area contributed by atoms with Gasteiger partial charge in [-0.1, -0.05) is 29.4 Å². The molecule has 0 radical (unpaired) electrons. The van der Waals surface area contributed by atoms with Crippen molar-refractivity contribution < 1.29 is 9.47 Å². The van der Waals surface area contributed by atoms with E-state index < -0.39 is 0 Å². The van der Waals surface area contributed by atoms with Crippen molar-refractivity contribution in [2.75, 3.05) is 13.7 Å². The lowest BCUT2D eigenvalue weighted by Crippen LogP contribution is -1.98. The first-order chi connectivity index (χ1) is 13.1. The molecule has 0 amide bonds. The molecule has 2 aromatic carbocycles. The van der Waals surface area contributed by atoms with Crippen molar-refractivity contribution in [3.63, 3.8) is 0 Å². The van der Waals surface area contributed by atoms with Crippen LogP contribution >= 0.6 is 0 Å². The van der Waals surface area contributed by atoms with E-state index in [9.17, 15) is 0 Å². The lowest BCUT2D eigenvalue weighted by Gasteiger charge is -2.09. The van der Waals surface area contributed by atoms with Crippen LogP contribution in [0.3, 0.4) is 0 Å². The van der Waals surface area contributed by atoms with Gasteiger partial charge in [-0.05, 0) is 64.0 Å². The van der Waals surface area contributed by atoms with E-state index in [1.54, 1.807) is 7.11 Å². The molecule has 0 unspecified atom stereocenters. The minimum Gasteiger partial charge on any atom is -0.494 e. The first-order valence-corrected chi connectivity index (χ1v) is 9.24. The van der Waals surface area contributed by atoms with Crippen LogP contribution in [0, 0.1) is 0 Å². The minimum atomic E-state index is 0.525. The summed E-state index contributed by atoms with van der Waals surface area (Å²) in [5.74, 6) is 1.47. The maximum Gasteiger partial charge on any atom is 0.147 e. The Bertz CT molecular complexity index is 1000. The molecule has 0 spiro atoms. The molecule has 3 rings (SSSR count). The Hall–Kier alpha value is -2.88. The Morgan fingerprint density at radius 3 is 2.15 bits per heavy atom. The summed E-state index contributed by atoms with van der Waals surface area (Å²) in [5.41, 5.74) is 5.82. The molecule has 0 aliphatic heterocycles. The van der Waals surface area contributed by atoms with Crippen LogP contribution in [-0.2, 0) is 0 Å². The fourth-order valence-corrected chi connectivity index (χ4v) is 2.91. The summed E-state index contributed by atoms with van der Waals surface area (Å²) >= 11 is 0. The molecule has 4 nitrogen and oxygen atoms in total. The molecule has 140 valence electrons. The van der Waals surface area contributed by atoms with Crippen LogP contribution in [0.25, 0.3) is 22.1 Å². The van der Waals surface area contributed by atoms with Crippen molar-refractivity contribution in [1.29, 1.82) is 0 Å². The summed E-state index contributed by atoms with van der Waals surface area (Å²) in [7, 11) is 1.65. The van der Waals surface area contributed by atoms with Gasteiger partial charge in [0.2, 0.25) is 0 Å². The first kappa shape index (κ1) is 18.9. The monoisotopic (exact) mass is 362 g/mol. The predicted molar refractivity (Wildman–Crippen MR) is 112 cm³/mol. The number of hydrogen-bond donors (Lipinski definition) is 0. The third-order valence-corrected chi connectivity index (χ3v) is 4.40. The molecule has 0 saturated carbocycles. The number of hydrogen-bond acceptors (Lipinski definition) is 4. The fraction of sp³-hybridized carbons (Fsp3) is 0.304. The zero-order valence-corrected chi connectivity index (χ0v) is 16.5. The van der Waals surface area contributed by atoms with Crippen LogP contribution in [0.2, 0.25) is 0 Å². The van der Waals surface area contributed by atoms with Gasteiger partial charge in [-0.2, -0.15) is 0 Å². The highest BCUT2D eigenvalue weighted by molar-refractivity contribution is 5.92. The van der Waals surface area contributed by atoms with Gasteiger partial charge in [0, 0.05) is 0 Å². The first-order valence-electron chi connectivity index (χ1n) is 9.24. The summed E-state index contributed by atoms with van der Waals surface area (Å²) in [4.78, 5) is 9.48. The number of nitrogens with zero attached hydrogens (tertiary/aromatic N) is 2. The summed E-state index contributed by atoms with van der Waals surface area (Å²) < 4.78 is 11.4. The highest BCUT2D eigenvalue weighted by Gasteiger charge is 2.10. The van der Waals surface area contributed by atoms with E-state index >= 15 is 0 Å². The Kier molecular flexibility index (Phi) is 6.07. The Morgan fingerprint density at radius 2 is 1.52 bits per heavy atom. The molecule has 1 aromatic heterocycles. The Labute approximate surface area is 160 Å². The average molecular weight is 362 g/mol. The van der Waals surface area contributed by atoms with Gasteiger partial charge in [-0.25, -0.2) is 9.97 Å². The van der Waals surface area contributed by atoms with Crippen molar-refractivity contribution in [3.8, 4) is 11.5 Å². The molecule has 0 aliphatic rings. The van der Waals surface area contributed by atoms with Gasteiger partial charge < -0.3 is 9.47 Å². The second-order valence-electron chi connectivity index (χ2n) is 6.86. The zero-order chi connectivity index (χ0) is 19.2. The average Bonchev–Trinajstić information content (AvgIpc) is 2.66. The van der Waals surface area contributed by atoms with E-state index in [1.807, 2.05) is 36.4 Å². The minimum absolute atomic E-state index is 0.525. The van der Waals surface area contributed by atoms with E-state index in [0.717, 1.165) is 46.4 Å². The van der Waals surface area contributed by atoms with E-state index in [1.165, 1.54) is 11.1 Å². The highest BCUT2D eigenvalue weighted by atomic mass is 16.5. The smallest absolute Gasteiger partial charge is 0.147 e. The largest absolute Gasteiger partial charge is 0.494 e. The van der Waals surface area contributed by atoms with E-state index in [4.69, 9.17) is 19.4 Å². The molecule has 0 saturated heterocycles. The lowest BCUT2D eigenvalue weighted by molar-refractivity contribution is 0.365. The molecule has 0 fully saturated rings. The second-order valence-corrected chi connectivity index (χ2v) is 6.86. The number of para-hydroxylation sites is 2. The van der Waals surface area contributed by atoms with Crippen molar-refractivity contribution in [1.82, 2.24) is 9.97 Å². The number of benzene rings is 2. The van der Waals surface area contributed by atoms with Crippen molar-refractivity contribution in [2.24, 2.45) is 0 Å². The van der Waals surface area contributed by atoms with Crippen LogP contribution in [0.15, 0.2) is 59.7 Å². The topological polar surface area (TPSA) is 44.2 Å². The molecule has 0 atom stereocenters. The van der Waals surface area contributed by atoms with Gasteiger partial charge in [-0.3, -0.25) is 0 Å². The fourth-order valence-electron chi connectivity index (χ4n) is 2.91. The molecular formula is C23H26N2O2. The molecule has 27 heavy (non-hydrogen) atoms. The van der Waals surface area contributed by atoms with Gasteiger partial charge in [-0.15, -0.1) is 0 Å². The summed E-state index contributed by atoms with van der Waals surface area (Å²) in [6.07, 6.45) is 6.51. The second kappa shape index (κ2) is 8.67. The standard InChI is InChI=1S/C23H26N2O2/c1-16(2)8-5-9-17(3)14-15-27-21-13-7-11-19-23(21)25-18-10-6-12-20(26-4)22(18)24-19/h6-8,10-14H,5,9,15H2,1-4H3/b17-14+. The zero-order valence-electron chi connectivity index (χ0n) is 16.5. The number of fused-ring (bicyclic) bond motifs is 2. The van der Waals surface area contributed by atoms with Crippen LogP contribution < -0.4 is 9.47 Å².